The summed E-state index contributed by atoms with van der Waals surface area (Å²) >= 11 is 0. The number of ketones is 1. The first-order chi connectivity index (χ1) is 24.9. The first-order valence-corrected chi connectivity index (χ1v) is 18.3. The molecule has 6 atom stereocenters. The number of nitrogens with one attached hydrogen (secondary N) is 4. The second-order valence-corrected chi connectivity index (χ2v) is 16.1. The Hall–Kier alpha value is -4.53. The van der Waals surface area contributed by atoms with Gasteiger partial charge in [-0.3, -0.25) is 28.8 Å². The van der Waals surface area contributed by atoms with E-state index in [0.717, 1.165) is 32.1 Å². The highest BCUT2D eigenvalue weighted by Gasteiger charge is 2.69. The summed E-state index contributed by atoms with van der Waals surface area (Å²) in [4.78, 5) is 96.3. The van der Waals surface area contributed by atoms with Gasteiger partial charge in [0, 0.05) is 27.7 Å². The minimum absolute atomic E-state index is 0.0215. The van der Waals surface area contributed by atoms with Crippen LogP contribution in [-0.4, -0.2) is 116 Å². The zero-order valence-electron chi connectivity index (χ0n) is 32.2. The van der Waals surface area contributed by atoms with Crippen molar-refractivity contribution in [3.05, 3.63) is 35.9 Å². The van der Waals surface area contributed by atoms with Crippen LogP contribution in [0, 0.1) is 23.2 Å². The van der Waals surface area contributed by atoms with Crippen molar-refractivity contribution in [2.24, 2.45) is 23.2 Å². The summed E-state index contributed by atoms with van der Waals surface area (Å²) in [5.74, 6) is -4.61. The predicted octanol–water partition coefficient (Wildman–Crippen LogP) is 1.71. The number of piperidine rings is 1. The third kappa shape index (κ3) is 10.1. The first kappa shape index (κ1) is 41.2. The molecule has 0 aromatic heterocycles. The van der Waals surface area contributed by atoms with Gasteiger partial charge in [-0.15, -0.1) is 0 Å². The van der Waals surface area contributed by atoms with Gasteiger partial charge in [0.1, 0.15) is 29.8 Å². The lowest BCUT2D eigenvalue weighted by atomic mass is 9.83. The number of likely N-dealkylation sites (N-methyl/N-ethyl adjacent to an activating group) is 1. The van der Waals surface area contributed by atoms with Crippen LogP contribution in [0.2, 0.25) is 0 Å². The van der Waals surface area contributed by atoms with Crippen LogP contribution in [0.4, 0.5) is 4.79 Å². The number of methoxy groups -OCH3 is 1. The molecule has 1 aromatic rings. The summed E-state index contributed by atoms with van der Waals surface area (Å²) in [5.41, 5.74) is -0.494. The number of nitrogens with zero attached hydrogens (tertiary/aromatic N) is 2. The van der Waals surface area contributed by atoms with Crippen molar-refractivity contribution < 1.29 is 43.0 Å². The maximum atomic E-state index is 14.3. The molecule has 0 radical (unpaired) electrons. The van der Waals surface area contributed by atoms with Gasteiger partial charge in [0.15, 0.2) is 0 Å². The highest BCUT2D eigenvalue weighted by Crippen LogP contribution is 2.65. The quantitative estimate of drug-likeness (QED) is 0.206. The molecule has 1 saturated heterocycles. The Balaban J connectivity index is 1.45. The number of hydrogen-bond acceptors (Lipinski definition) is 9. The smallest absolute Gasteiger partial charge is 0.408 e. The number of likely N-dealkylation sites (tertiary alicyclic amines) is 1. The van der Waals surface area contributed by atoms with Crippen LogP contribution < -0.4 is 21.3 Å². The van der Waals surface area contributed by atoms with Gasteiger partial charge in [-0.1, -0.05) is 63.4 Å². The first-order valence-electron chi connectivity index (χ1n) is 18.3. The van der Waals surface area contributed by atoms with Crippen molar-refractivity contribution in [2.75, 3.05) is 40.9 Å². The third-order valence-corrected chi connectivity index (χ3v) is 10.5. The molecule has 4 rings (SSSR count). The number of benzene rings is 1. The van der Waals surface area contributed by atoms with Gasteiger partial charge >= 0.3 is 6.09 Å². The van der Waals surface area contributed by atoms with E-state index < -0.39 is 65.9 Å². The van der Waals surface area contributed by atoms with Crippen LogP contribution in [0.3, 0.4) is 0 Å². The maximum absolute atomic E-state index is 14.3. The van der Waals surface area contributed by atoms with E-state index in [-0.39, 0.29) is 41.6 Å². The normalized spacial score (nSPS) is 22.3. The predicted molar refractivity (Wildman–Crippen MR) is 194 cm³/mol. The Morgan fingerprint density at radius 1 is 0.943 bits per heavy atom. The highest BCUT2D eigenvalue weighted by molar-refractivity contribution is 6.38. The van der Waals surface area contributed by atoms with E-state index in [1.165, 1.54) is 16.9 Å². The number of rotatable bonds is 14. The summed E-state index contributed by atoms with van der Waals surface area (Å²) in [6.07, 6.45) is 3.64. The Labute approximate surface area is 311 Å². The number of carbonyl (C=O) groups excluding carboxylic acids is 7. The van der Waals surface area contributed by atoms with Crippen molar-refractivity contribution in [1.29, 1.82) is 0 Å². The monoisotopic (exact) mass is 740 g/mol. The molecule has 0 spiro atoms. The topological polar surface area (TPSA) is 193 Å². The molecule has 292 valence electrons. The fraction of sp³-hybridized carbons (Fsp3) is 0.658. The molecule has 6 amide bonds. The average molecular weight is 741 g/mol. The minimum atomic E-state index is -1.42. The summed E-state index contributed by atoms with van der Waals surface area (Å²) in [5, 5.41) is 10.3. The van der Waals surface area contributed by atoms with E-state index in [4.69, 9.17) is 9.47 Å². The van der Waals surface area contributed by atoms with Crippen LogP contribution in [-0.2, 0) is 38.2 Å². The third-order valence-electron chi connectivity index (χ3n) is 10.5. The van der Waals surface area contributed by atoms with E-state index in [9.17, 15) is 33.6 Å². The molecular formula is C38H56N6O9. The summed E-state index contributed by atoms with van der Waals surface area (Å²) < 4.78 is 10.7. The molecule has 15 heteroatoms. The Bertz CT molecular complexity index is 1540. The molecule has 1 aliphatic heterocycles. The molecule has 3 aliphatic rings. The molecule has 2 saturated carbocycles. The molecule has 1 heterocycles. The Morgan fingerprint density at radius 3 is 2.17 bits per heavy atom. The van der Waals surface area contributed by atoms with Crippen molar-refractivity contribution in [3.63, 3.8) is 0 Å². The van der Waals surface area contributed by atoms with Gasteiger partial charge in [0.25, 0.3) is 5.91 Å². The van der Waals surface area contributed by atoms with Crippen molar-refractivity contribution in [1.82, 2.24) is 31.1 Å². The van der Waals surface area contributed by atoms with Crippen LogP contribution in [0.5, 0.6) is 0 Å². The second kappa shape index (κ2) is 17.1. The van der Waals surface area contributed by atoms with Gasteiger partial charge in [0.05, 0.1) is 13.2 Å². The summed E-state index contributed by atoms with van der Waals surface area (Å²) in [6.45, 7) is 8.60. The standard InChI is InChI=1S/C38H56N6O9/c1-37(2,3)53-36(51)42-29(23-17-13-10-14-18-23)35(50)44-20-24-27(38(24,4)5)30(44)32(47)40-25(21-52-8)31(46)33(48)39-19-26(45)41-28(34(49)43(6)7)22-15-11-9-12-16-22/h9,11-12,15-16,23-25,27-30H,10,13-14,17-21H2,1-8H3,(H,39,48)(H,40,47)(H,41,45)(H,42,51)/t24?,25?,27?,28-,29-,30?/m0/s1. The van der Waals surface area contributed by atoms with Crippen LogP contribution in [0.1, 0.15) is 78.3 Å². The molecule has 1 aromatic carbocycles. The minimum Gasteiger partial charge on any atom is -0.444 e. The molecule has 2 aliphatic carbocycles. The van der Waals surface area contributed by atoms with Crippen molar-refractivity contribution >= 4 is 41.4 Å². The molecule has 15 nitrogen and oxygen atoms in total. The average Bonchev–Trinajstić information content (AvgIpc) is 3.41. The van der Waals surface area contributed by atoms with Gasteiger partial charge < -0.3 is 40.5 Å². The lowest BCUT2D eigenvalue weighted by molar-refractivity contribution is -0.145. The number of amides is 6. The molecule has 3 fully saturated rings. The fourth-order valence-electron chi connectivity index (χ4n) is 7.69. The summed E-state index contributed by atoms with van der Waals surface area (Å²) in [7, 11) is 4.41. The number of fused-ring (bicyclic) bond motifs is 1. The largest absolute Gasteiger partial charge is 0.444 e. The lowest BCUT2D eigenvalue weighted by Gasteiger charge is -2.37. The van der Waals surface area contributed by atoms with E-state index in [2.05, 4.69) is 21.3 Å². The SMILES string of the molecule is COCC(NC(=O)C1C2C(CN1C(=O)[C@@H](NC(=O)OC(C)(C)C)C1CCCCC1)C2(C)C)C(=O)C(=O)NCC(=O)N[C@H](C(=O)N(C)C)c1ccccc1. The maximum Gasteiger partial charge on any atom is 0.408 e. The van der Waals surface area contributed by atoms with Gasteiger partial charge in [-0.2, -0.15) is 0 Å². The summed E-state index contributed by atoms with van der Waals surface area (Å²) in [6, 6.07) is 4.29. The molecule has 0 bridgehead atoms. The van der Waals surface area contributed by atoms with Crippen LogP contribution >= 0.6 is 0 Å². The Morgan fingerprint density at radius 2 is 1.58 bits per heavy atom. The molecular weight excluding hydrogens is 684 g/mol. The van der Waals surface area contributed by atoms with Crippen molar-refractivity contribution in [2.45, 2.75) is 96.5 Å². The van der Waals surface area contributed by atoms with E-state index in [0.29, 0.717) is 12.1 Å². The van der Waals surface area contributed by atoms with Crippen molar-refractivity contribution in [3.8, 4) is 0 Å². The van der Waals surface area contributed by atoms with Gasteiger partial charge in [-0.25, -0.2) is 4.79 Å². The fourth-order valence-corrected chi connectivity index (χ4v) is 7.69. The number of ether oxygens (including phenoxy) is 2. The second-order valence-electron chi connectivity index (χ2n) is 16.1. The molecule has 4 N–H and O–H groups in total. The zero-order chi connectivity index (χ0) is 39.2. The molecule has 4 unspecified atom stereocenters. The van der Waals surface area contributed by atoms with E-state index in [1.807, 2.05) is 13.8 Å². The van der Waals surface area contributed by atoms with E-state index in [1.54, 1.807) is 65.2 Å². The van der Waals surface area contributed by atoms with Gasteiger partial charge in [0.2, 0.25) is 29.4 Å². The van der Waals surface area contributed by atoms with Crippen LogP contribution in [0.15, 0.2) is 30.3 Å². The molecule has 53 heavy (non-hydrogen) atoms. The number of carbonyl (C=O) groups is 7. The lowest BCUT2D eigenvalue weighted by Crippen LogP contribution is -2.60. The number of hydrogen-bond donors (Lipinski definition) is 4. The van der Waals surface area contributed by atoms with Gasteiger partial charge in [-0.05, 0) is 62.3 Å². The Kier molecular flexibility index (Phi) is 13.3. The zero-order valence-corrected chi connectivity index (χ0v) is 32.2. The van der Waals surface area contributed by atoms with E-state index >= 15 is 0 Å². The number of alkyl carbamates (subject to hydrolysis) is 1. The van der Waals surface area contributed by atoms with Crippen LogP contribution in [0.25, 0.3) is 0 Å². The highest BCUT2D eigenvalue weighted by atomic mass is 16.6. The number of Topliss-reactive ketones (excluding diaryl/α,β-unsaturated/α-hetero) is 1.